The fourth-order valence-corrected chi connectivity index (χ4v) is 2.24. The molecule has 15 heavy (non-hydrogen) atoms. The molecule has 0 aliphatic carbocycles. The summed E-state index contributed by atoms with van der Waals surface area (Å²) in [6.07, 6.45) is 0. The molecule has 2 rings (SSSR count). The lowest BCUT2D eigenvalue weighted by molar-refractivity contribution is -0.131. The number of rotatable bonds is 1. The van der Waals surface area contributed by atoms with Gasteiger partial charge in [0.2, 0.25) is 0 Å². The number of hydrogen-bond donors (Lipinski definition) is 2. The van der Waals surface area contributed by atoms with Crippen LogP contribution in [0.1, 0.15) is 6.92 Å². The van der Waals surface area contributed by atoms with E-state index in [2.05, 4.69) is 0 Å². The van der Waals surface area contributed by atoms with E-state index in [0.717, 1.165) is 0 Å². The van der Waals surface area contributed by atoms with E-state index in [-0.39, 0.29) is 11.5 Å². The van der Waals surface area contributed by atoms with Gasteiger partial charge in [0, 0.05) is 23.1 Å². The van der Waals surface area contributed by atoms with Crippen molar-refractivity contribution in [1.29, 1.82) is 0 Å². The number of esters is 1. The molecular formula is C10H8O4S. The molecule has 0 bridgehead atoms. The lowest BCUT2D eigenvalue weighted by Crippen LogP contribution is -2.00. The first-order chi connectivity index (χ1) is 7.08. The normalized spacial score (nSPS) is 10.5. The van der Waals surface area contributed by atoms with Crippen LogP contribution in [0.15, 0.2) is 17.5 Å². The summed E-state index contributed by atoms with van der Waals surface area (Å²) in [5.41, 5.74) is 0. The molecule has 0 aliphatic rings. The van der Waals surface area contributed by atoms with Crippen LogP contribution in [-0.2, 0) is 4.79 Å². The Morgan fingerprint density at radius 1 is 1.40 bits per heavy atom. The lowest BCUT2D eigenvalue weighted by atomic mass is 10.2. The first-order valence-electron chi connectivity index (χ1n) is 4.19. The number of fused-ring (bicyclic) bond motifs is 1. The number of carbonyl (C=O) groups is 1. The minimum Gasteiger partial charge on any atom is -0.508 e. The zero-order valence-electron chi connectivity index (χ0n) is 7.85. The second kappa shape index (κ2) is 3.43. The molecule has 0 saturated carbocycles. The number of benzene rings is 1. The number of hydrogen-bond acceptors (Lipinski definition) is 5. The zero-order valence-corrected chi connectivity index (χ0v) is 8.67. The van der Waals surface area contributed by atoms with Crippen molar-refractivity contribution in [3.63, 3.8) is 0 Å². The minimum atomic E-state index is -0.442. The van der Waals surface area contributed by atoms with Gasteiger partial charge in [-0.15, -0.1) is 11.3 Å². The molecule has 4 nitrogen and oxygen atoms in total. The average Bonchev–Trinajstić information content (AvgIpc) is 2.46. The van der Waals surface area contributed by atoms with Crippen molar-refractivity contribution in [2.75, 3.05) is 0 Å². The molecule has 5 heteroatoms. The van der Waals surface area contributed by atoms with Crippen LogP contribution in [0.4, 0.5) is 0 Å². The molecule has 1 aromatic heterocycles. The van der Waals surface area contributed by atoms with E-state index in [4.69, 9.17) is 4.74 Å². The molecule has 0 atom stereocenters. The number of carbonyl (C=O) groups excluding carboxylic acids is 1. The quantitative estimate of drug-likeness (QED) is 0.729. The van der Waals surface area contributed by atoms with Crippen LogP contribution < -0.4 is 4.74 Å². The molecule has 1 aromatic carbocycles. The zero-order chi connectivity index (χ0) is 11.0. The number of ether oxygens (including phenoxy) is 1. The molecule has 0 radical (unpaired) electrons. The Morgan fingerprint density at radius 3 is 2.80 bits per heavy atom. The standard InChI is InChI=1S/C10H8O4S/c1-5(11)14-8-4-15-9-3-6(12)2-7(13)10(8)9/h2-4,12-13H,1H3. The third kappa shape index (κ3) is 1.73. The molecule has 0 fully saturated rings. The van der Waals surface area contributed by atoms with Gasteiger partial charge in [-0.1, -0.05) is 0 Å². The maximum atomic E-state index is 10.8. The van der Waals surface area contributed by atoms with Crippen molar-refractivity contribution in [2.24, 2.45) is 0 Å². The molecule has 78 valence electrons. The second-order valence-electron chi connectivity index (χ2n) is 3.03. The Morgan fingerprint density at radius 2 is 2.13 bits per heavy atom. The van der Waals surface area contributed by atoms with Crippen LogP contribution in [0.25, 0.3) is 10.1 Å². The highest BCUT2D eigenvalue weighted by atomic mass is 32.1. The summed E-state index contributed by atoms with van der Waals surface area (Å²) in [6, 6.07) is 2.72. The number of aromatic hydroxyl groups is 2. The Kier molecular flexibility index (Phi) is 2.24. The Labute approximate surface area is 89.3 Å². The third-order valence-electron chi connectivity index (χ3n) is 1.86. The summed E-state index contributed by atoms with van der Waals surface area (Å²) < 4.78 is 5.59. The maximum absolute atomic E-state index is 10.8. The summed E-state index contributed by atoms with van der Waals surface area (Å²) in [5, 5.41) is 20.9. The predicted octanol–water partition coefficient (Wildman–Crippen LogP) is 2.24. The third-order valence-corrected chi connectivity index (χ3v) is 2.77. The van der Waals surface area contributed by atoms with Crippen molar-refractivity contribution in [2.45, 2.75) is 6.92 Å². The predicted molar refractivity (Wildman–Crippen MR) is 56.5 cm³/mol. The van der Waals surface area contributed by atoms with E-state index in [1.54, 1.807) is 5.38 Å². The van der Waals surface area contributed by atoms with Crippen LogP contribution in [0, 0.1) is 0 Å². The fraction of sp³-hybridized carbons (Fsp3) is 0.100. The number of phenols is 2. The molecule has 0 spiro atoms. The van der Waals surface area contributed by atoms with Crippen molar-refractivity contribution in [3.8, 4) is 17.2 Å². The number of thiophene rings is 1. The van der Waals surface area contributed by atoms with Crippen LogP contribution >= 0.6 is 11.3 Å². The highest BCUT2D eigenvalue weighted by Gasteiger charge is 2.12. The molecule has 0 unspecified atom stereocenters. The van der Waals surface area contributed by atoms with Gasteiger partial charge in [-0.2, -0.15) is 0 Å². The van der Waals surface area contributed by atoms with E-state index < -0.39 is 5.97 Å². The Balaban J connectivity index is 2.63. The second-order valence-corrected chi connectivity index (χ2v) is 3.94. The first-order valence-corrected chi connectivity index (χ1v) is 5.07. The van der Waals surface area contributed by atoms with Crippen LogP contribution in [0.3, 0.4) is 0 Å². The van der Waals surface area contributed by atoms with Gasteiger partial charge in [-0.25, -0.2) is 0 Å². The van der Waals surface area contributed by atoms with Gasteiger partial charge in [-0.05, 0) is 6.07 Å². The van der Waals surface area contributed by atoms with Gasteiger partial charge < -0.3 is 14.9 Å². The van der Waals surface area contributed by atoms with E-state index >= 15 is 0 Å². The van der Waals surface area contributed by atoms with E-state index in [0.29, 0.717) is 15.8 Å². The highest BCUT2D eigenvalue weighted by Crippen LogP contribution is 2.40. The SMILES string of the molecule is CC(=O)Oc1csc2cc(O)cc(O)c12. The van der Waals surface area contributed by atoms with Crippen molar-refractivity contribution in [1.82, 2.24) is 0 Å². The van der Waals surface area contributed by atoms with Gasteiger partial charge in [0.15, 0.2) is 5.75 Å². The topological polar surface area (TPSA) is 66.8 Å². The van der Waals surface area contributed by atoms with Crippen molar-refractivity contribution < 1.29 is 19.7 Å². The van der Waals surface area contributed by atoms with E-state index in [9.17, 15) is 15.0 Å². The van der Waals surface area contributed by atoms with Gasteiger partial charge in [-0.3, -0.25) is 4.79 Å². The van der Waals surface area contributed by atoms with Crippen molar-refractivity contribution in [3.05, 3.63) is 17.5 Å². The minimum absolute atomic E-state index is 0.0174. The smallest absolute Gasteiger partial charge is 0.308 e. The molecule has 2 aromatic rings. The lowest BCUT2D eigenvalue weighted by Gasteiger charge is -2.01. The molecule has 0 amide bonds. The monoisotopic (exact) mass is 224 g/mol. The van der Waals surface area contributed by atoms with E-state index in [1.165, 1.54) is 30.4 Å². The first kappa shape index (κ1) is 9.79. The Hall–Kier alpha value is -1.75. The summed E-state index contributed by atoms with van der Waals surface area (Å²) in [5.74, 6) is -0.235. The van der Waals surface area contributed by atoms with Gasteiger partial charge in [0.05, 0.1) is 5.39 Å². The number of phenolic OH excluding ortho intramolecular Hbond substituents is 2. The Bertz CT molecular complexity index is 529. The maximum Gasteiger partial charge on any atom is 0.308 e. The van der Waals surface area contributed by atoms with E-state index in [1.807, 2.05) is 0 Å². The van der Waals surface area contributed by atoms with Crippen LogP contribution in [0.2, 0.25) is 0 Å². The summed E-state index contributed by atoms with van der Waals surface area (Å²) >= 11 is 1.29. The average molecular weight is 224 g/mol. The van der Waals surface area contributed by atoms with Gasteiger partial charge in [0.25, 0.3) is 0 Å². The van der Waals surface area contributed by atoms with Crippen LogP contribution in [-0.4, -0.2) is 16.2 Å². The molecule has 2 N–H and O–H groups in total. The summed E-state index contributed by atoms with van der Waals surface area (Å²) in [4.78, 5) is 10.8. The molecular weight excluding hydrogens is 216 g/mol. The molecule has 0 aliphatic heterocycles. The van der Waals surface area contributed by atoms with Crippen molar-refractivity contribution >= 4 is 27.4 Å². The van der Waals surface area contributed by atoms with Gasteiger partial charge in [0.1, 0.15) is 11.5 Å². The highest BCUT2D eigenvalue weighted by molar-refractivity contribution is 7.17. The fourth-order valence-electron chi connectivity index (χ4n) is 1.33. The molecule has 1 heterocycles. The molecule has 0 saturated heterocycles. The summed E-state index contributed by atoms with van der Waals surface area (Å²) in [6.45, 7) is 1.29. The van der Waals surface area contributed by atoms with Crippen LogP contribution in [0.5, 0.6) is 17.2 Å². The summed E-state index contributed by atoms with van der Waals surface area (Å²) in [7, 11) is 0. The largest absolute Gasteiger partial charge is 0.508 e. The van der Waals surface area contributed by atoms with Gasteiger partial charge >= 0.3 is 5.97 Å².